The van der Waals surface area contributed by atoms with Gasteiger partial charge in [0.05, 0.1) is 6.61 Å². The average Bonchev–Trinajstić information content (AvgIpc) is 2.11. The third-order valence-corrected chi connectivity index (χ3v) is 1.47. The Balaban J connectivity index is 4.21. The number of aliphatic hydroxyl groups excluding tert-OH is 3. The highest BCUT2D eigenvalue weighted by Crippen LogP contribution is 1.97. The summed E-state index contributed by atoms with van der Waals surface area (Å²) in [7, 11) is 0. The van der Waals surface area contributed by atoms with Gasteiger partial charge in [0.15, 0.2) is 0 Å². The lowest BCUT2D eigenvalue weighted by molar-refractivity contribution is -0.126. The third-order valence-electron chi connectivity index (χ3n) is 1.47. The van der Waals surface area contributed by atoms with Gasteiger partial charge < -0.3 is 25.4 Å². The molecule has 0 radical (unpaired) electrons. The molecule has 0 spiro atoms. The van der Waals surface area contributed by atoms with Crippen molar-refractivity contribution in [2.24, 2.45) is 0 Å². The molecule has 76 valence electrons. The van der Waals surface area contributed by atoms with Gasteiger partial charge in [-0.3, -0.25) is 4.79 Å². The lowest BCUT2D eigenvalue weighted by Gasteiger charge is -2.21. The highest BCUT2D eigenvalue weighted by atomic mass is 16.4. The fourth-order valence-electron chi connectivity index (χ4n) is 0.782. The molecule has 0 fully saturated rings. The van der Waals surface area contributed by atoms with Crippen LogP contribution in [0.5, 0.6) is 0 Å². The number of aliphatic hydroxyl groups is 3. The lowest BCUT2D eigenvalue weighted by Crippen LogP contribution is -2.49. The minimum Gasteiger partial charge on any atom is -0.394 e. The molecule has 0 unspecified atom stereocenters. The molecule has 0 aromatic rings. The van der Waals surface area contributed by atoms with E-state index in [0.29, 0.717) is 6.29 Å². The van der Waals surface area contributed by atoms with Crippen molar-refractivity contribution in [3.63, 3.8) is 0 Å². The predicted octanol–water partition coefficient (Wildman–Crippen LogP) is -2.60. The van der Waals surface area contributed by atoms with Crippen LogP contribution in [0.2, 0.25) is 0 Å². The SMILES string of the molecule is CC(=O)N[C@@H](C=O)[C@@H](O)[C@@H](O)CO. The van der Waals surface area contributed by atoms with Gasteiger partial charge in [-0.2, -0.15) is 0 Å². The zero-order chi connectivity index (χ0) is 10.4. The van der Waals surface area contributed by atoms with Crippen molar-refractivity contribution in [3.05, 3.63) is 0 Å². The number of rotatable bonds is 5. The second-order valence-corrected chi connectivity index (χ2v) is 2.60. The topological polar surface area (TPSA) is 107 Å². The first-order valence-corrected chi connectivity index (χ1v) is 3.72. The molecule has 6 nitrogen and oxygen atoms in total. The Morgan fingerprint density at radius 2 is 2.08 bits per heavy atom. The molecule has 0 aliphatic heterocycles. The predicted molar refractivity (Wildman–Crippen MR) is 42.8 cm³/mol. The molecule has 0 aromatic carbocycles. The van der Waals surface area contributed by atoms with E-state index in [-0.39, 0.29) is 0 Å². The van der Waals surface area contributed by atoms with E-state index in [9.17, 15) is 14.7 Å². The van der Waals surface area contributed by atoms with Gasteiger partial charge in [0.2, 0.25) is 5.91 Å². The first kappa shape index (κ1) is 12.0. The molecule has 3 atom stereocenters. The van der Waals surface area contributed by atoms with Crippen molar-refractivity contribution >= 4 is 12.2 Å². The van der Waals surface area contributed by atoms with Crippen LogP contribution in [0.25, 0.3) is 0 Å². The van der Waals surface area contributed by atoms with Gasteiger partial charge in [-0.25, -0.2) is 0 Å². The molecular weight excluding hydrogens is 178 g/mol. The maximum Gasteiger partial charge on any atom is 0.217 e. The van der Waals surface area contributed by atoms with Gasteiger partial charge in [-0.05, 0) is 0 Å². The van der Waals surface area contributed by atoms with Crippen LogP contribution in [0.1, 0.15) is 6.92 Å². The van der Waals surface area contributed by atoms with Crippen molar-refractivity contribution in [2.45, 2.75) is 25.2 Å². The van der Waals surface area contributed by atoms with E-state index >= 15 is 0 Å². The van der Waals surface area contributed by atoms with Crippen molar-refractivity contribution in [1.82, 2.24) is 5.32 Å². The molecular formula is C7H13NO5. The number of nitrogens with one attached hydrogen (secondary N) is 1. The Morgan fingerprint density at radius 1 is 1.54 bits per heavy atom. The molecule has 4 N–H and O–H groups in total. The van der Waals surface area contributed by atoms with E-state index in [4.69, 9.17) is 10.2 Å². The Hall–Kier alpha value is -0.980. The largest absolute Gasteiger partial charge is 0.394 e. The van der Waals surface area contributed by atoms with Crippen LogP contribution in [0, 0.1) is 0 Å². The van der Waals surface area contributed by atoms with E-state index in [1.807, 2.05) is 0 Å². The Bertz CT molecular complexity index is 184. The van der Waals surface area contributed by atoms with Crippen LogP contribution in [0.15, 0.2) is 0 Å². The van der Waals surface area contributed by atoms with E-state index in [2.05, 4.69) is 5.32 Å². The molecule has 0 aliphatic carbocycles. The molecule has 0 heterocycles. The van der Waals surface area contributed by atoms with Gasteiger partial charge >= 0.3 is 0 Å². The molecule has 0 bridgehead atoms. The second kappa shape index (κ2) is 5.63. The minimum absolute atomic E-state index is 0.297. The first-order chi connectivity index (χ1) is 6.02. The van der Waals surface area contributed by atoms with E-state index in [1.54, 1.807) is 0 Å². The number of aldehydes is 1. The normalized spacial score (nSPS) is 17.2. The summed E-state index contributed by atoms with van der Waals surface area (Å²) < 4.78 is 0. The molecule has 0 saturated carbocycles. The highest BCUT2D eigenvalue weighted by Gasteiger charge is 2.25. The van der Waals surface area contributed by atoms with Crippen molar-refractivity contribution < 1.29 is 24.9 Å². The van der Waals surface area contributed by atoms with Gasteiger partial charge in [-0.15, -0.1) is 0 Å². The van der Waals surface area contributed by atoms with Gasteiger partial charge in [-0.1, -0.05) is 0 Å². The molecule has 0 aliphatic rings. The van der Waals surface area contributed by atoms with E-state index < -0.39 is 30.8 Å². The lowest BCUT2D eigenvalue weighted by atomic mass is 10.1. The number of hydrogen-bond acceptors (Lipinski definition) is 5. The van der Waals surface area contributed by atoms with Crippen LogP contribution in [0.3, 0.4) is 0 Å². The molecule has 0 saturated heterocycles. The molecule has 0 rings (SSSR count). The first-order valence-electron chi connectivity index (χ1n) is 3.72. The average molecular weight is 191 g/mol. The zero-order valence-electron chi connectivity index (χ0n) is 7.17. The summed E-state index contributed by atoms with van der Waals surface area (Å²) in [4.78, 5) is 20.8. The van der Waals surface area contributed by atoms with E-state index in [0.717, 1.165) is 0 Å². The fourth-order valence-corrected chi connectivity index (χ4v) is 0.782. The molecule has 6 heteroatoms. The quantitative estimate of drug-likeness (QED) is 0.357. The van der Waals surface area contributed by atoms with Gasteiger partial charge in [0.1, 0.15) is 24.5 Å². The second-order valence-electron chi connectivity index (χ2n) is 2.60. The van der Waals surface area contributed by atoms with Gasteiger partial charge in [0.25, 0.3) is 0 Å². The maximum absolute atomic E-state index is 10.5. The number of carbonyl (C=O) groups excluding carboxylic acids is 2. The number of amides is 1. The standard InChI is InChI=1S/C7H13NO5/c1-4(11)8-5(2-9)7(13)6(12)3-10/h2,5-7,10,12-13H,3H2,1H3,(H,8,11)/t5-,6-,7+/m0/s1. The molecule has 13 heavy (non-hydrogen) atoms. The highest BCUT2D eigenvalue weighted by molar-refractivity contribution is 5.77. The summed E-state index contributed by atoms with van der Waals surface area (Å²) in [6.45, 7) is 0.500. The summed E-state index contributed by atoms with van der Waals surface area (Å²) in [6.07, 6.45) is -2.64. The number of hydrogen-bond donors (Lipinski definition) is 4. The summed E-state index contributed by atoms with van der Waals surface area (Å²) >= 11 is 0. The van der Waals surface area contributed by atoms with Crippen LogP contribution in [0.4, 0.5) is 0 Å². The molecule has 0 aromatic heterocycles. The summed E-state index contributed by atoms with van der Waals surface area (Å²) in [5.41, 5.74) is 0. The Kier molecular flexibility index (Phi) is 5.20. The van der Waals surface area contributed by atoms with Crippen LogP contribution < -0.4 is 5.32 Å². The van der Waals surface area contributed by atoms with Crippen molar-refractivity contribution in [2.75, 3.05) is 6.61 Å². The summed E-state index contributed by atoms with van der Waals surface area (Å²) in [5, 5.41) is 28.7. The van der Waals surface area contributed by atoms with Crippen LogP contribution in [-0.2, 0) is 9.59 Å². The monoisotopic (exact) mass is 191 g/mol. The zero-order valence-corrected chi connectivity index (χ0v) is 7.17. The van der Waals surface area contributed by atoms with Crippen molar-refractivity contribution in [3.8, 4) is 0 Å². The van der Waals surface area contributed by atoms with Crippen molar-refractivity contribution in [1.29, 1.82) is 0 Å². The molecule has 1 amide bonds. The van der Waals surface area contributed by atoms with Gasteiger partial charge in [0, 0.05) is 6.92 Å². The van der Waals surface area contributed by atoms with Crippen LogP contribution >= 0.6 is 0 Å². The summed E-state index contributed by atoms with van der Waals surface area (Å²) in [6, 6.07) is -1.19. The number of carbonyl (C=O) groups is 2. The van der Waals surface area contributed by atoms with Crippen LogP contribution in [-0.4, -0.2) is 52.4 Å². The smallest absolute Gasteiger partial charge is 0.217 e. The fraction of sp³-hybridized carbons (Fsp3) is 0.714. The van der Waals surface area contributed by atoms with E-state index in [1.165, 1.54) is 6.92 Å². The Morgan fingerprint density at radius 3 is 2.38 bits per heavy atom. The maximum atomic E-state index is 10.5. The minimum atomic E-state index is -1.49. The Labute approximate surface area is 75.2 Å². The summed E-state index contributed by atoms with van der Waals surface area (Å²) in [5.74, 6) is -0.499. The third kappa shape index (κ3) is 3.97.